The molecule has 0 spiro atoms. The number of imidazole rings is 1. The van der Waals surface area contributed by atoms with Crippen LogP contribution in [0.5, 0.6) is 0 Å². The number of nitrogens with one attached hydrogen (secondary N) is 1. The highest BCUT2D eigenvalue weighted by Crippen LogP contribution is 2.37. The van der Waals surface area contributed by atoms with Crippen LogP contribution in [0.2, 0.25) is 5.02 Å². The molecule has 0 saturated carbocycles. The second-order valence-corrected chi connectivity index (χ2v) is 9.55. The van der Waals surface area contributed by atoms with Gasteiger partial charge < -0.3 is 20.5 Å². The maximum Gasteiger partial charge on any atom is 0.153 e. The molecule has 7 nitrogen and oxygen atoms in total. The number of hydrogen-bond acceptors (Lipinski definition) is 6. The van der Waals surface area contributed by atoms with E-state index in [2.05, 4.69) is 37.9 Å². The van der Waals surface area contributed by atoms with Crippen LogP contribution in [0.3, 0.4) is 0 Å². The Balaban J connectivity index is 1.42. The molecular formula is C24H29ClFN7. The number of hydrogen-bond donors (Lipinski definition) is 2. The van der Waals surface area contributed by atoms with Crippen molar-refractivity contribution in [2.24, 2.45) is 5.92 Å². The van der Waals surface area contributed by atoms with Gasteiger partial charge in [0.1, 0.15) is 28.8 Å². The zero-order valence-corrected chi connectivity index (χ0v) is 19.7. The van der Waals surface area contributed by atoms with Gasteiger partial charge in [0, 0.05) is 55.8 Å². The molecule has 174 valence electrons. The molecule has 3 N–H and O–H groups in total. The van der Waals surface area contributed by atoms with Crippen molar-refractivity contribution >= 4 is 23.2 Å². The molecule has 2 saturated heterocycles. The van der Waals surface area contributed by atoms with Crippen molar-refractivity contribution in [1.82, 2.24) is 24.8 Å². The number of rotatable bonds is 5. The largest absolute Gasteiger partial charge is 0.382 e. The average molecular weight is 470 g/mol. The fraction of sp³-hybridized carbons (Fsp3) is 0.458. The lowest BCUT2D eigenvalue weighted by atomic mass is 9.92. The maximum absolute atomic E-state index is 13.8. The van der Waals surface area contributed by atoms with Gasteiger partial charge in [-0.25, -0.2) is 19.3 Å². The van der Waals surface area contributed by atoms with Crippen LogP contribution in [-0.4, -0.2) is 45.7 Å². The van der Waals surface area contributed by atoms with E-state index in [0.717, 1.165) is 56.1 Å². The van der Waals surface area contributed by atoms with Gasteiger partial charge in [-0.2, -0.15) is 0 Å². The van der Waals surface area contributed by atoms with E-state index in [4.69, 9.17) is 22.3 Å². The normalized spacial score (nSPS) is 18.4. The third kappa shape index (κ3) is 4.17. The molecule has 1 atom stereocenters. The number of benzene rings is 1. The Morgan fingerprint density at radius 1 is 1.21 bits per heavy atom. The number of nitrogens with zero attached hydrogens (tertiary/aromatic N) is 5. The van der Waals surface area contributed by atoms with Gasteiger partial charge in [-0.05, 0) is 50.5 Å². The minimum absolute atomic E-state index is 0.191. The molecule has 2 aromatic heterocycles. The van der Waals surface area contributed by atoms with E-state index in [1.807, 2.05) is 12.1 Å². The van der Waals surface area contributed by atoms with Gasteiger partial charge in [-0.1, -0.05) is 11.6 Å². The molecule has 33 heavy (non-hydrogen) atoms. The summed E-state index contributed by atoms with van der Waals surface area (Å²) >= 11 is 6.36. The summed E-state index contributed by atoms with van der Waals surface area (Å²) in [5.74, 6) is 2.83. The summed E-state index contributed by atoms with van der Waals surface area (Å²) in [7, 11) is 0. The molecule has 9 heteroatoms. The van der Waals surface area contributed by atoms with Crippen molar-refractivity contribution in [3.8, 4) is 11.3 Å². The summed E-state index contributed by atoms with van der Waals surface area (Å²) in [5.41, 5.74) is 8.36. The van der Waals surface area contributed by atoms with Crippen LogP contribution < -0.4 is 16.0 Å². The van der Waals surface area contributed by atoms with E-state index in [0.29, 0.717) is 40.1 Å². The van der Waals surface area contributed by atoms with Gasteiger partial charge in [0.2, 0.25) is 0 Å². The second kappa shape index (κ2) is 8.91. The van der Waals surface area contributed by atoms with Crippen LogP contribution in [0, 0.1) is 18.7 Å². The first kappa shape index (κ1) is 22.1. The number of aromatic nitrogens is 4. The summed E-state index contributed by atoms with van der Waals surface area (Å²) in [5, 5.41) is 3.79. The van der Waals surface area contributed by atoms with E-state index >= 15 is 0 Å². The molecule has 0 amide bonds. The predicted octanol–water partition coefficient (Wildman–Crippen LogP) is 4.19. The Bertz CT molecular complexity index is 1150. The summed E-state index contributed by atoms with van der Waals surface area (Å²) < 4.78 is 16.2. The lowest BCUT2D eigenvalue weighted by Crippen LogP contribution is -2.46. The van der Waals surface area contributed by atoms with Crippen molar-refractivity contribution in [1.29, 1.82) is 0 Å². The molecular weight excluding hydrogens is 441 g/mol. The van der Waals surface area contributed by atoms with Crippen molar-refractivity contribution in [2.45, 2.75) is 38.6 Å². The molecule has 2 fully saturated rings. The molecule has 0 aliphatic carbocycles. The average Bonchev–Trinajstić information content (AvgIpc) is 3.22. The molecule has 5 rings (SSSR count). The molecule has 3 aromatic rings. The Morgan fingerprint density at radius 3 is 2.64 bits per heavy atom. The predicted molar refractivity (Wildman–Crippen MR) is 129 cm³/mol. The van der Waals surface area contributed by atoms with Gasteiger partial charge >= 0.3 is 0 Å². The third-order valence-corrected chi connectivity index (χ3v) is 7.47. The van der Waals surface area contributed by atoms with Crippen LogP contribution in [0.4, 0.5) is 16.0 Å². The third-order valence-electron chi connectivity index (χ3n) is 7.11. The van der Waals surface area contributed by atoms with Crippen molar-refractivity contribution in [3.05, 3.63) is 53.0 Å². The van der Waals surface area contributed by atoms with Crippen molar-refractivity contribution in [2.75, 3.05) is 36.8 Å². The summed E-state index contributed by atoms with van der Waals surface area (Å²) in [6, 6.07) is 5.57. The Morgan fingerprint density at radius 2 is 1.97 bits per heavy atom. The van der Waals surface area contributed by atoms with E-state index < -0.39 is 0 Å². The van der Waals surface area contributed by atoms with Crippen LogP contribution in [0.15, 0.2) is 30.7 Å². The SMILES string of the molecule is Cc1cc(-c2cn(C(C)C3CNC3)c(C3CCN(c4ncnc(N)c4Cl)CC3)n2)ccc1F. The number of halogens is 2. The highest BCUT2D eigenvalue weighted by atomic mass is 35.5. The van der Waals surface area contributed by atoms with E-state index in [1.54, 1.807) is 6.92 Å². The smallest absolute Gasteiger partial charge is 0.153 e. The van der Waals surface area contributed by atoms with E-state index in [1.165, 1.54) is 12.4 Å². The van der Waals surface area contributed by atoms with E-state index in [9.17, 15) is 4.39 Å². The Kier molecular flexibility index (Phi) is 5.97. The van der Waals surface area contributed by atoms with Gasteiger partial charge in [-0.3, -0.25) is 0 Å². The molecule has 0 bridgehead atoms. The van der Waals surface area contributed by atoms with Gasteiger partial charge in [0.15, 0.2) is 5.82 Å². The van der Waals surface area contributed by atoms with Crippen LogP contribution in [0.25, 0.3) is 11.3 Å². The zero-order valence-electron chi connectivity index (χ0n) is 18.9. The first-order valence-electron chi connectivity index (χ1n) is 11.5. The number of anilines is 2. The fourth-order valence-electron chi connectivity index (χ4n) is 4.80. The highest BCUT2D eigenvalue weighted by molar-refractivity contribution is 6.35. The lowest BCUT2D eigenvalue weighted by Gasteiger charge is -2.36. The van der Waals surface area contributed by atoms with Gasteiger partial charge in [-0.15, -0.1) is 0 Å². The lowest BCUT2D eigenvalue weighted by molar-refractivity contribution is 0.242. The Hall–Kier alpha value is -2.71. The van der Waals surface area contributed by atoms with Crippen LogP contribution >= 0.6 is 11.6 Å². The van der Waals surface area contributed by atoms with Crippen molar-refractivity contribution < 1.29 is 4.39 Å². The molecule has 1 unspecified atom stereocenters. The Labute approximate surface area is 198 Å². The monoisotopic (exact) mass is 469 g/mol. The van der Waals surface area contributed by atoms with Gasteiger partial charge in [0.25, 0.3) is 0 Å². The molecule has 1 aromatic carbocycles. The zero-order chi connectivity index (χ0) is 23.1. The number of nitrogens with two attached hydrogens (primary N) is 1. The van der Waals surface area contributed by atoms with Crippen LogP contribution in [0.1, 0.15) is 43.1 Å². The first-order valence-corrected chi connectivity index (χ1v) is 11.9. The summed E-state index contributed by atoms with van der Waals surface area (Å²) in [4.78, 5) is 15.6. The number of aryl methyl sites for hydroxylation is 1. The fourth-order valence-corrected chi connectivity index (χ4v) is 5.02. The minimum Gasteiger partial charge on any atom is -0.382 e. The van der Waals surface area contributed by atoms with E-state index in [-0.39, 0.29) is 5.82 Å². The second-order valence-electron chi connectivity index (χ2n) is 9.17. The molecule has 2 aliphatic heterocycles. The molecule has 4 heterocycles. The van der Waals surface area contributed by atoms with Crippen molar-refractivity contribution in [3.63, 3.8) is 0 Å². The van der Waals surface area contributed by atoms with Crippen LogP contribution in [-0.2, 0) is 0 Å². The van der Waals surface area contributed by atoms with Gasteiger partial charge in [0.05, 0.1) is 5.69 Å². The maximum atomic E-state index is 13.8. The first-order chi connectivity index (χ1) is 15.9. The minimum atomic E-state index is -0.191. The quantitative estimate of drug-likeness (QED) is 0.583. The topological polar surface area (TPSA) is 84.9 Å². The summed E-state index contributed by atoms with van der Waals surface area (Å²) in [6.45, 7) is 7.75. The molecule has 2 aliphatic rings. The standard InChI is InChI=1S/C24H29ClFN7/c1-14-9-17(3-4-19(14)26)20-12-33(15(2)18-10-28-11-18)23(31-20)16-5-7-32(8-6-16)24-21(25)22(27)29-13-30-24/h3-4,9,12-13,15-16,18,28H,5-8,10-11H2,1-2H3,(H2,27,29,30). The molecule has 0 radical (unpaired) electrons. The highest BCUT2D eigenvalue weighted by Gasteiger charge is 2.31. The number of nitrogen functional groups attached to an aromatic ring is 1. The number of piperidine rings is 1. The summed E-state index contributed by atoms with van der Waals surface area (Å²) in [6.07, 6.45) is 5.49.